The summed E-state index contributed by atoms with van der Waals surface area (Å²) >= 11 is 4.24. The molecule has 1 aromatic rings. The summed E-state index contributed by atoms with van der Waals surface area (Å²) in [6, 6.07) is 8.18. The monoisotopic (exact) mass is 263 g/mol. The molecule has 1 aromatic carbocycles. The molecule has 0 aromatic heterocycles. The summed E-state index contributed by atoms with van der Waals surface area (Å²) in [4.78, 5) is 12.9. The molecular weight excluding hydrogens is 242 g/mol. The van der Waals surface area contributed by atoms with Crippen LogP contribution in [-0.4, -0.2) is 11.9 Å². The lowest BCUT2D eigenvalue weighted by molar-refractivity contribution is -0.121. The fourth-order valence-electron chi connectivity index (χ4n) is 2.50. The zero-order valence-electron chi connectivity index (χ0n) is 10.7. The first-order valence-corrected chi connectivity index (χ1v) is 7.26. The second-order valence-corrected chi connectivity index (χ2v) is 5.62. The van der Waals surface area contributed by atoms with Gasteiger partial charge in [0.15, 0.2) is 0 Å². The molecule has 0 unspecified atom stereocenters. The number of carbonyl (C=O) groups is 1. The van der Waals surface area contributed by atoms with Crippen LogP contribution < -0.4 is 5.32 Å². The summed E-state index contributed by atoms with van der Waals surface area (Å²) in [6.07, 6.45) is 7.89. The van der Waals surface area contributed by atoms with E-state index in [1.165, 1.54) is 25.7 Å². The van der Waals surface area contributed by atoms with Gasteiger partial charge in [0.25, 0.3) is 0 Å². The first-order valence-electron chi connectivity index (χ1n) is 6.81. The Morgan fingerprint density at radius 2 is 1.72 bits per heavy atom. The zero-order chi connectivity index (χ0) is 12.8. The van der Waals surface area contributed by atoms with E-state index in [1.807, 2.05) is 24.3 Å². The first-order chi connectivity index (χ1) is 8.74. The second-order valence-electron chi connectivity index (χ2n) is 5.10. The van der Waals surface area contributed by atoms with Crippen LogP contribution in [0.25, 0.3) is 0 Å². The fraction of sp³-hybridized carbons (Fsp3) is 0.533. The highest BCUT2D eigenvalue weighted by Crippen LogP contribution is 2.17. The molecule has 98 valence electrons. The maximum atomic E-state index is 11.9. The summed E-state index contributed by atoms with van der Waals surface area (Å²) in [6.45, 7) is 0. The Kier molecular flexibility index (Phi) is 5.12. The molecule has 0 aliphatic heterocycles. The number of nitrogens with one attached hydrogen (secondary N) is 1. The van der Waals surface area contributed by atoms with E-state index in [9.17, 15) is 4.79 Å². The van der Waals surface area contributed by atoms with Crippen LogP contribution in [0.15, 0.2) is 29.2 Å². The lowest BCUT2D eigenvalue weighted by Crippen LogP contribution is -2.35. The third-order valence-corrected chi connectivity index (χ3v) is 3.82. The third-order valence-electron chi connectivity index (χ3n) is 3.52. The van der Waals surface area contributed by atoms with Gasteiger partial charge in [-0.25, -0.2) is 0 Å². The van der Waals surface area contributed by atoms with E-state index in [1.54, 1.807) is 0 Å². The first kappa shape index (κ1) is 13.5. The number of carbonyl (C=O) groups excluding carboxylic acids is 1. The summed E-state index contributed by atoms with van der Waals surface area (Å²) in [7, 11) is 0. The topological polar surface area (TPSA) is 29.1 Å². The Labute approximate surface area is 115 Å². The van der Waals surface area contributed by atoms with Gasteiger partial charge in [-0.2, -0.15) is 0 Å². The van der Waals surface area contributed by atoms with Crippen LogP contribution in [0.2, 0.25) is 0 Å². The molecule has 1 aliphatic carbocycles. The van der Waals surface area contributed by atoms with Crippen LogP contribution in [0.5, 0.6) is 0 Å². The third kappa shape index (κ3) is 4.37. The molecule has 0 bridgehead atoms. The molecule has 2 rings (SSSR count). The lowest BCUT2D eigenvalue weighted by Gasteiger charge is -2.16. The Balaban J connectivity index is 1.82. The fourth-order valence-corrected chi connectivity index (χ4v) is 2.65. The van der Waals surface area contributed by atoms with Crippen molar-refractivity contribution in [2.24, 2.45) is 0 Å². The number of hydrogen-bond donors (Lipinski definition) is 2. The van der Waals surface area contributed by atoms with Crippen molar-refractivity contribution < 1.29 is 4.79 Å². The number of thiol groups is 1. The van der Waals surface area contributed by atoms with Crippen LogP contribution in [-0.2, 0) is 11.2 Å². The van der Waals surface area contributed by atoms with Gasteiger partial charge in [0.2, 0.25) is 5.91 Å². The molecule has 2 nitrogen and oxygen atoms in total. The zero-order valence-corrected chi connectivity index (χ0v) is 11.6. The van der Waals surface area contributed by atoms with Crippen LogP contribution in [0, 0.1) is 0 Å². The number of benzene rings is 1. The van der Waals surface area contributed by atoms with E-state index in [4.69, 9.17) is 0 Å². The highest BCUT2D eigenvalue weighted by Gasteiger charge is 2.14. The van der Waals surface area contributed by atoms with Crippen molar-refractivity contribution in [3.8, 4) is 0 Å². The highest BCUT2D eigenvalue weighted by atomic mass is 32.1. The molecule has 1 amide bonds. The second kappa shape index (κ2) is 6.83. The smallest absolute Gasteiger partial charge is 0.224 e. The van der Waals surface area contributed by atoms with Crippen molar-refractivity contribution in [3.63, 3.8) is 0 Å². The van der Waals surface area contributed by atoms with Crippen molar-refractivity contribution in [1.29, 1.82) is 0 Å². The van der Waals surface area contributed by atoms with Gasteiger partial charge < -0.3 is 5.32 Å². The minimum atomic E-state index is 0.147. The Hall–Kier alpha value is -0.960. The van der Waals surface area contributed by atoms with Gasteiger partial charge in [-0.3, -0.25) is 4.79 Å². The summed E-state index contributed by atoms with van der Waals surface area (Å²) < 4.78 is 0. The van der Waals surface area contributed by atoms with Crippen molar-refractivity contribution in [3.05, 3.63) is 29.8 Å². The lowest BCUT2D eigenvalue weighted by atomic mass is 10.1. The van der Waals surface area contributed by atoms with Gasteiger partial charge in [0, 0.05) is 10.9 Å². The highest BCUT2D eigenvalue weighted by molar-refractivity contribution is 7.80. The van der Waals surface area contributed by atoms with Crippen molar-refractivity contribution in [2.45, 2.75) is 55.9 Å². The predicted molar refractivity (Wildman–Crippen MR) is 77.0 cm³/mol. The van der Waals surface area contributed by atoms with Crippen LogP contribution in [0.4, 0.5) is 0 Å². The molecule has 0 atom stereocenters. The average molecular weight is 263 g/mol. The van der Waals surface area contributed by atoms with E-state index >= 15 is 0 Å². The van der Waals surface area contributed by atoms with Gasteiger partial charge in [-0.05, 0) is 30.5 Å². The van der Waals surface area contributed by atoms with E-state index in [0.717, 1.165) is 23.3 Å². The molecule has 0 radical (unpaired) electrons. The summed E-state index contributed by atoms with van der Waals surface area (Å²) in [5, 5.41) is 3.16. The molecule has 0 spiro atoms. The summed E-state index contributed by atoms with van der Waals surface area (Å²) in [5.74, 6) is 0.147. The molecule has 0 saturated heterocycles. The minimum Gasteiger partial charge on any atom is -0.353 e. The molecule has 1 fully saturated rings. The van der Waals surface area contributed by atoms with E-state index in [-0.39, 0.29) is 5.91 Å². The van der Waals surface area contributed by atoms with Crippen LogP contribution >= 0.6 is 12.6 Å². The average Bonchev–Trinajstić information content (AvgIpc) is 2.61. The van der Waals surface area contributed by atoms with Gasteiger partial charge in [0.05, 0.1) is 6.42 Å². The Morgan fingerprint density at radius 1 is 1.11 bits per heavy atom. The maximum Gasteiger partial charge on any atom is 0.224 e. The van der Waals surface area contributed by atoms with Gasteiger partial charge in [-0.1, -0.05) is 37.8 Å². The minimum absolute atomic E-state index is 0.147. The van der Waals surface area contributed by atoms with E-state index < -0.39 is 0 Å². The SMILES string of the molecule is O=C(Cc1ccc(S)cc1)NC1CCCCCC1. The number of rotatable bonds is 3. The predicted octanol–water partition coefficient (Wildman–Crippen LogP) is 3.36. The number of amides is 1. The molecule has 1 aliphatic rings. The largest absolute Gasteiger partial charge is 0.353 e. The maximum absolute atomic E-state index is 11.9. The van der Waals surface area contributed by atoms with Crippen molar-refractivity contribution in [1.82, 2.24) is 5.32 Å². The molecule has 3 heteroatoms. The number of hydrogen-bond acceptors (Lipinski definition) is 2. The Bertz CT molecular complexity index is 380. The quantitative estimate of drug-likeness (QED) is 0.635. The molecule has 1 N–H and O–H groups in total. The van der Waals surface area contributed by atoms with E-state index in [0.29, 0.717) is 12.5 Å². The van der Waals surface area contributed by atoms with Crippen molar-refractivity contribution >= 4 is 18.5 Å². The van der Waals surface area contributed by atoms with Crippen LogP contribution in [0.3, 0.4) is 0 Å². The molecule has 18 heavy (non-hydrogen) atoms. The standard InChI is InChI=1S/C15H21NOS/c17-15(11-12-7-9-14(18)10-8-12)16-13-5-3-1-2-4-6-13/h7-10,13,18H,1-6,11H2,(H,16,17). The molecule has 1 saturated carbocycles. The van der Waals surface area contributed by atoms with E-state index in [2.05, 4.69) is 17.9 Å². The molecular formula is C15H21NOS. The van der Waals surface area contributed by atoms with Crippen LogP contribution in [0.1, 0.15) is 44.1 Å². The normalized spacial score (nSPS) is 17.2. The Morgan fingerprint density at radius 3 is 2.33 bits per heavy atom. The van der Waals surface area contributed by atoms with Gasteiger partial charge in [-0.15, -0.1) is 12.6 Å². The summed E-state index contributed by atoms with van der Waals surface area (Å²) in [5.41, 5.74) is 1.05. The molecule has 0 heterocycles. The van der Waals surface area contributed by atoms with Gasteiger partial charge >= 0.3 is 0 Å². The van der Waals surface area contributed by atoms with Crippen molar-refractivity contribution in [2.75, 3.05) is 0 Å². The van der Waals surface area contributed by atoms with Gasteiger partial charge in [0.1, 0.15) is 0 Å².